The van der Waals surface area contributed by atoms with E-state index in [0.717, 1.165) is 6.26 Å². The molecule has 26 heavy (non-hydrogen) atoms. The molecule has 0 aromatic heterocycles. The van der Waals surface area contributed by atoms with Gasteiger partial charge >= 0.3 is 5.97 Å². The summed E-state index contributed by atoms with van der Waals surface area (Å²) in [6.07, 6.45) is 1.00. The first-order chi connectivity index (χ1) is 12.1. The van der Waals surface area contributed by atoms with Crippen molar-refractivity contribution in [3.05, 3.63) is 58.1 Å². The molecule has 2 aromatic rings. The van der Waals surface area contributed by atoms with Gasteiger partial charge in [-0.2, -0.15) is 0 Å². The lowest BCUT2D eigenvalue weighted by molar-refractivity contribution is 0.0599. The second-order valence-electron chi connectivity index (χ2n) is 5.49. The monoisotopic (exact) mass is 396 g/mol. The molecular weight excluding hydrogens is 380 g/mol. The van der Waals surface area contributed by atoms with Crippen molar-refractivity contribution in [1.29, 1.82) is 0 Å². The Morgan fingerprint density at radius 1 is 1.12 bits per heavy atom. The van der Waals surface area contributed by atoms with E-state index in [-0.39, 0.29) is 16.3 Å². The lowest BCUT2D eigenvalue weighted by Crippen LogP contribution is -2.16. The van der Waals surface area contributed by atoms with E-state index in [4.69, 9.17) is 16.3 Å². The number of halogens is 1. The predicted octanol–water partition coefficient (Wildman–Crippen LogP) is 3.06. The third-order valence-corrected chi connectivity index (χ3v) is 4.44. The minimum atomic E-state index is -3.49. The van der Waals surface area contributed by atoms with Gasteiger partial charge in [0.25, 0.3) is 5.91 Å². The third-order valence-electron chi connectivity index (χ3n) is 3.50. The summed E-state index contributed by atoms with van der Waals surface area (Å²) in [6.45, 7) is 1.67. The molecule has 0 aliphatic heterocycles. The van der Waals surface area contributed by atoms with Crippen molar-refractivity contribution in [2.75, 3.05) is 23.4 Å². The van der Waals surface area contributed by atoms with Gasteiger partial charge in [0.05, 0.1) is 29.5 Å². The molecule has 9 heteroatoms. The van der Waals surface area contributed by atoms with E-state index in [2.05, 4.69) is 10.0 Å². The van der Waals surface area contributed by atoms with Crippen LogP contribution in [-0.4, -0.2) is 33.7 Å². The lowest BCUT2D eigenvalue weighted by Gasteiger charge is -2.13. The van der Waals surface area contributed by atoms with Gasteiger partial charge in [-0.15, -0.1) is 0 Å². The number of rotatable bonds is 5. The van der Waals surface area contributed by atoms with Crippen molar-refractivity contribution < 1.29 is 22.7 Å². The van der Waals surface area contributed by atoms with E-state index in [1.807, 2.05) is 0 Å². The van der Waals surface area contributed by atoms with Crippen LogP contribution in [0.4, 0.5) is 11.4 Å². The Kier molecular flexibility index (Phi) is 5.89. The molecule has 0 heterocycles. The molecule has 0 atom stereocenters. The topological polar surface area (TPSA) is 102 Å². The molecule has 1 amide bonds. The minimum Gasteiger partial charge on any atom is -0.465 e. The van der Waals surface area contributed by atoms with Crippen LogP contribution in [0.3, 0.4) is 0 Å². The van der Waals surface area contributed by atoms with Gasteiger partial charge in [0.2, 0.25) is 10.0 Å². The lowest BCUT2D eigenvalue weighted by atomic mass is 10.1. The van der Waals surface area contributed by atoms with Crippen LogP contribution in [0, 0.1) is 6.92 Å². The molecule has 0 bridgehead atoms. The van der Waals surface area contributed by atoms with E-state index < -0.39 is 21.9 Å². The first-order valence-corrected chi connectivity index (χ1v) is 9.66. The van der Waals surface area contributed by atoms with Crippen LogP contribution in [0.2, 0.25) is 5.02 Å². The Balaban J connectivity index is 2.34. The summed E-state index contributed by atoms with van der Waals surface area (Å²) < 4.78 is 29.7. The van der Waals surface area contributed by atoms with Crippen molar-refractivity contribution in [3.63, 3.8) is 0 Å². The van der Waals surface area contributed by atoms with E-state index in [9.17, 15) is 18.0 Å². The van der Waals surface area contributed by atoms with E-state index in [1.54, 1.807) is 25.1 Å². The predicted molar refractivity (Wildman–Crippen MR) is 100 cm³/mol. The average molecular weight is 397 g/mol. The van der Waals surface area contributed by atoms with Crippen LogP contribution in [0.1, 0.15) is 26.3 Å². The van der Waals surface area contributed by atoms with Crippen LogP contribution >= 0.6 is 11.6 Å². The standard InChI is InChI=1S/C17H17ClN2O5S/c1-10-12(17(22)25-2)5-4-6-15(10)19-16(21)13-9-11(7-8-14(13)18)20-26(3,23)24/h4-9,20H,1-3H3,(H,19,21). The number of nitrogens with one attached hydrogen (secondary N) is 2. The van der Waals surface area contributed by atoms with Gasteiger partial charge < -0.3 is 10.1 Å². The summed E-state index contributed by atoms with van der Waals surface area (Å²) in [6, 6.07) is 9.02. The molecule has 0 spiro atoms. The van der Waals surface area contributed by atoms with Gasteiger partial charge in [-0.3, -0.25) is 9.52 Å². The zero-order valence-electron chi connectivity index (χ0n) is 14.3. The number of ether oxygens (including phenoxy) is 1. The van der Waals surface area contributed by atoms with E-state index in [1.165, 1.54) is 25.3 Å². The summed E-state index contributed by atoms with van der Waals surface area (Å²) in [7, 11) is -2.22. The van der Waals surface area contributed by atoms with Crippen molar-refractivity contribution in [2.45, 2.75) is 6.92 Å². The van der Waals surface area contributed by atoms with E-state index >= 15 is 0 Å². The van der Waals surface area contributed by atoms with Crippen LogP contribution in [-0.2, 0) is 14.8 Å². The SMILES string of the molecule is COC(=O)c1cccc(NC(=O)c2cc(NS(C)(=O)=O)ccc2Cl)c1C. The van der Waals surface area contributed by atoms with Crippen LogP contribution in [0.25, 0.3) is 0 Å². The number of esters is 1. The van der Waals surface area contributed by atoms with Crippen LogP contribution < -0.4 is 10.0 Å². The highest BCUT2D eigenvalue weighted by Crippen LogP contribution is 2.25. The highest BCUT2D eigenvalue weighted by atomic mass is 35.5. The number of sulfonamides is 1. The first-order valence-electron chi connectivity index (χ1n) is 7.39. The maximum absolute atomic E-state index is 12.6. The molecule has 2 N–H and O–H groups in total. The normalized spacial score (nSPS) is 10.9. The Morgan fingerprint density at radius 3 is 2.42 bits per heavy atom. The molecule has 0 radical (unpaired) electrons. The fourth-order valence-corrected chi connectivity index (χ4v) is 3.03. The van der Waals surface area contributed by atoms with Crippen molar-refractivity contribution in [1.82, 2.24) is 0 Å². The Hall–Kier alpha value is -2.58. The van der Waals surface area contributed by atoms with Gasteiger partial charge in [-0.1, -0.05) is 17.7 Å². The summed E-state index contributed by atoms with van der Waals surface area (Å²) in [4.78, 5) is 24.3. The molecule has 2 aromatic carbocycles. The number of anilines is 2. The fraction of sp³-hybridized carbons (Fsp3) is 0.176. The molecule has 7 nitrogen and oxygen atoms in total. The minimum absolute atomic E-state index is 0.0863. The largest absolute Gasteiger partial charge is 0.465 e. The fourth-order valence-electron chi connectivity index (χ4n) is 2.27. The number of carbonyl (C=O) groups excluding carboxylic acids is 2. The highest BCUT2D eigenvalue weighted by molar-refractivity contribution is 7.92. The maximum atomic E-state index is 12.6. The number of benzene rings is 2. The molecule has 0 aliphatic rings. The molecule has 0 aliphatic carbocycles. The summed E-state index contributed by atoms with van der Waals surface area (Å²) in [5.74, 6) is -1.06. The van der Waals surface area contributed by atoms with Crippen LogP contribution in [0.5, 0.6) is 0 Å². The highest BCUT2D eigenvalue weighted by Gasteiger charge is 2.16. The quantitative estimate of drug-likeness (QED) is 0.756. The van der Waals surface area contributed by atoms with Crippen molar-refractivity contribution in [2.24, 2.45) is 0 Å². The molecule has 2 rings (SSSR count). The maximum Gasteiger partial charge on any atom is 0.338 e. The Morgan fingerprint density at radius 2 is 1.81 bits per heavy atom. The Labute approximate surface area is 156 Å². The van der Waals surface area contributed by atoms with Gasteiger partial charge in [-0.05, 0) is 42.8 Å². The van der Waals surface area contributed by atoms with Gasteiger partial charge in [-0.25, -0.2) is 13.2 Å². The number of carbonyl (C=O) groups is 2. The number of hydrogen-bond acceptors (Lipinski definition) is 5. The average Bonchev–Trinajstić information content (AvgIpc) is 2.56. The second-order valence-corrected chi connectivity index (χ2v) is 7.65. The number of methoxy groups -OCH3 is 1. The van der Waals surface area contributed by atoms with Gasteiger partial charge in [0.15, 0.2) is 0 Å². The molecule has 0 saturated carbocycles. The molecule has 0 fully saturated rings. The smallest absolute Gasteiger partial charge is 0.338 e. The third kappa shape index (κ3) is 4.74. The second kappa shape index (κ2) is 7.76. The van der Waals surface area contributed by atoms with Crippen molar-refractivity contribution >= 4 is 44.9 Å². The first kappa shape index (κ1) is 19.7. The van der Waals surface area contributed by atoms with Crippen molar-refractivity contribution in [3.8, 4) is 0 Å². The van der Waals surface area contributed by atoms with E-state index in [0.29, 0.717) is 16.8 Å². The van der Waals surface area contributed by atoms with Gasteiger partial charge in [0.1, 0.15) is 0 Å². The number of hydrogen-bond donors (Lipinski definition) is 2. The summed E-state index contributed by atoms with van der Waals surface area (Å²) >= 11 is 6.06. The Bertz CT molecular complexity index is 973. The molecule has 0 unspecified atom stereocenters. The molecular formula is C17H17ClN2O5S. The summed E-state index contributed by atoms with van der Waals surface area (Å²) in [5.41, 5.74) is 1.57. The van der Waals surface area contributed by atoms with Crippen LogP contribution in [0.15, 0.2) is 36.4 Å². The zero-order chi connectivity index (χ0) is 19.5. The number of amides is 1. The van der Waals surface area contributed by atoms with Gasteiger partial charge in [0, 0.05) is 11.4 Å². The summed E-state index contributed by atoms with van der Waals surface area (Å²) in [5, 5.41) is 2.82. The molecule has 138 valence electrons. The molecule has 0 saturated heterocycles. The zero-order valence-corrected chi connectivity index (χ0v) is 15.9.